The third-order valence-electron chi connectivity index (χ3n) is 2.74. The van der Waals surface area contributed by atoms with Gasteiger partial charge in [-0.3, -0.25) is 0 Å². The van der Waals surface area contributed by atoms with Crippen molar-refractivity contribution in [3.63, 3.8) is 0 Å². The maximum atomic E-state index is 12.1. The Kier molecular flexibility index (Phi) is 5.54. The summed E-state index contributed by atoms with van der Waals surface area (Å²) in [7, 11) is 0. The first-order valence-electron chi connectivity index (χ1n) is 6.75. The molecule has 0 fully saturated rings. The fraction of sp³-hybridized carbons (Fsp3) is 0.176. The van der Waals surface area contributed by atoms with Crippen LogP contribution >= 0.6 is 22.6 Å². The molecule has 0 N–H and O–H groups in total. The summed E-state index contributed by atoms with van der Waals surface area (Å²) in [6.45, 7) is 3.57. The van der Waals surface area contributed by atoms with Crippen LogP contribution in [-0.2, 0) is 4.74 Å². The zero-order chi connectivity index (χ0) is 16.1. The summed E-state index contributed by atoms with van der Waals surface area (Å²) in [5, 5.41) is 0. The average molecular weight is 410 g/mol. The second-order valence-corrected chi connectivity index (χ2v) is 6.01. The molecule has 114 valence electrons. The van der Waals surface area contributed by atoms with Crippen molar-refractivity contribution in [3.8, 4) is 5.75 Å². The molecule has 0 saturated carbocycles. The van der Waals surface area contributed by atoms with E-state index < -0.39 is 11.9 Å². The number of rotatable bonds is 4. The zero-order valence-electron chi connectivity index (χ0n) is 12.2. The molecule has 0 saturated heterocycles. The highest BCUT2D eigenvalue weighted by atomic mass is 127. The molecule has 0 amide bonds. The van der Waals surface area contributed by atoms with E-state index in [9.17, 15) is 9.59 Å². The van der Waals surface area contributed by atoms with Gasteiger partial charge in [-0.1, -0.05) is 12.1 Å². The molecule has 0 radical (unpaired) electrons. The van der Waals surface area contributed by atoms with Crippen molar-refractivity contribution in [2.24, 2.45) is 0 Å². The Labute approximate surface area is 142 Å². The Balaban J connectivity index is 2.07. The standard InChI is InChI=1S/C17H15IO4/c1-11(2)21-16(19)12-7-9-13(10-8-12)22-17(20)14-5-3-4-6-15(14)18/h3-11H,1-2H3. The Morgan fingerprint density at radius 1 is 0.955 bits per heavy atom. The van der Waals surface area contributed by atoms with Gasteiger partial charge in [0.15, 0.2) is 0 Å². The first-order chi connectivity index (χ1) is 10.5. The van der Waals surface area contributed by atoms with Crippen LogP contribution in [0, 0.1) is 3.57 Å². The molecule has 0 aliphatic heterocycles. The van der Waals surface area contributed by atoms with Crippen LogP contribution in [0.4, 0.5) is 0 Å². The number of hydrogen-bond donors (Lipinski definition) is 0. The fourth-order valence-corrected chi connectivity index (χ4v) is 2.34. The number of carbonyl (C=O) groups is 2. The second-order valence-electron chi connectivity index (χ2n) is 4.85. The molecule has 0 aromatic heterocycles. The van der Waals surface area contributed by atoms with Crippen LogP contribution in [0.3, 0.4) is 0 Å². The summed E-state index contributed by atoms with van der Waals surface area (Å²) in [6.07, 6.45) is -0.176. The van der Waals surface area contributed by atoms with E-state index in [0.29, 0.717) is 16.9 Å². The van der Waals surface area contributed by atoms with Gasteiger partial charge >= 0.3 is 11.9 Å². The summed E-state index contributed by atoms with van der Waals surface area (Å²) < 4.78 is 11.2. The van der Waals surface area contributed by atoms with Gasteiger partial charge in [-0.05, 0) is 72.8 Å². The van der Waals surface area contributed by atoms with Gasteiger partial charge in [0.2, 0.25) is 0 Å². The van der Waals surface area contributed by atoms with Gasteiger partial charge < -0.3 is 9.47 Å². The Morgan fingerprint density at radius 3 is 2.18 bits per heavy atom. The Bertz CT molecular complexity index is 677. The number of esters is 2. The summed E-state index contributed by atoms with van der Waals surface area (Å²) in [5.41, 5.74) is 0.925. The van der Waals surface area contributed by atoms with Crippen molar-refractivity contribution >= 4 is 34.5 Å². The minimum atomic E-state index is -0.428. The van der Waals surface area contributed by atoms with Gasteiger partial charge in [-0.25, -0.2) is 9.59 Å². The van der Waals surface area contributed by atoms with Gasteiger partial charge in [-0.2, -0.15) is 0 Å². The van der Waals surface area contributed by atoms with Crippen LogP contribution in [0.1, 0.15) is 34.6 Å². The summed E-state index contributed by atoms with van der Waals surface area (Å²) in [6, 6.07) is 13.5. The molecular formula is C17H15IO4. The normalized spacial score (nSPS) is 10.4. The predicted molar refractivity (Wildman–Crippen MR) is 91.1 cm³/mol. The highest BCUT2D eigenvalue weighted by Gasteiger charge is 2.13. The molecule has 5 heteroatoms. The van der Waals surface area contributed by atoms with Crippen LogP contribution in [0.15, 0.2) is 48.5 Å². The highest BCUT2D eigenvalue weighted by molar-refractivity contribution is 14.1. The first kappa shape index (κ1) is 16.5. The number of carbonyl (C=O) groups excluding carboxylic acids is 2. The average Bonchev–Trinajstić information content (AvgIpc) is 2.47. The SMILES string of the molecule is CC(C)OC(=O)c1ccc(OC(=O)c2ccccc2I)cc1. The Hall–Kier alpha value is -1.89. The van der Waals surface area contributed by atoms with E-state index in [1.807, 2.05) is 12.1 Å². The molecule has 2 aromatic rings. The molecule has 0 spiro atoms. The quantitative estimate of drug-likeness (QED) is 0.433. The van der Waals surface area contributed by atoms with Crippen LogP contribution in [0.5, 0.6) is 5.75 Å². The van der Waals surface area contributed by atoms with Gasteiger partial charge in [0.05, 0.1) is 17.2 Å². The van der Waals surface area contributed by atoms with Crippen molar-refractivity contribution in [2.75, 3.05) is 0 Å². The van der Waals surface area contributed by atoms with Gasteiger partial charge in [0, 0.05) is 3.57 Å². The van der Waals surface area contributed by atoms with Gasteiger partial charge in [0.1, 0.15) is 5.75 Å². The van der Waals surface area contributed by atoms with Crippen molar-refractivity contribution in [1.82, 2.24) is 0 Å². The number of ether oxygens (including phenoxy) is 2. The molecule has 4 nitrogen and oxygen atoms in total. The molecule has 0 bridgehead atoms. The lowest BCUT2D eigenvalue weighted by molar-refractivity contribution is 0.0378. The second kappa shape index (κ2) is 7.40. The minimum absolute atomic E-state index is 0.176. The maximum absolute atomic E-state index is 12.1. The van der Waals surface area contributed by atoms with E-state index in [4.69, 9.17) is 9.47 Å². The lowest BCUT2D eigenvalue weighted by Crippen LogP contribution is -2.12. The molecule has 22 heavy (non-hydrogen) atoms. The molecule has 0 heterocycles. The summed E-state index contributed by atoms with van der Waals surface area (Å²) in [4.78, 5) is 23.8. The van der Waals surface area contributed by atoms with Gasteiger partial charge in [0.25, 0.3) is 0 Å². The lowest BCUT2D eigenvalue weighted by Gasteiger charge is -2.09. The fourth-order valence-electron chi connectivity index (χ4n) is 1.73. The minimum Gasteiger partial charge on any atom is -0.459 e. The van der Waals surface area contributed by atoms with E-state index in [2.05, 4.69) is 22.6 Å². The first-order valence-corrected chi connectivity index (χ1v) is 7.83. The van der Waals surface area contributed by atoms with Crippen molar-refractivity contribution < 1.29 is 19.1 Å². The smallest absolute Gasteiger partial charge is 0.344 e. The highest BCUT2D eigenvalue weighted by Crippen LogP contribution is 2.18. The van der Waals surface area contributed by atoms with Crippen molar-refractivity contribution in [2.45, 2.75) is 20.0 Å². The number of halogens is 1. The van der Waals surface area contributed by atoms with E-state index in [1.165, 1.54) is 0 Å². The Morgan fingerprint density at radius 2 is 1.59 bits per heavy atom. The summed E-state index contributed by atoms with van der Waals surface area (Å²) >= 11 is 2.08. The van der Waals surface area contributed by atoms with Crippen LogP contribution in [0.2, 0.25) is 0 Å². The predicted octanol–water partition coefficient (Wildman–Crippen LogP) is 4.08. The topological polar surface area (TPSA) is 52.6 Å². The third kappa shape index (κ3) is 4.30. The number of hydrogen-bond acceptors (Lipinski definition) is 4. The molecule has 0 unspecified atom stereocenters. The molecule has 2 rings (SSSR count). The molecule has 0 aliphatic carbocycles. The van der Waals surface area contributed by atoms with Crippen molar-refractivity contribution in [1.29, 1.82) is 0 Å². The molecular weight excluding hydrogens is 395 g/mol. The lowest BCUT2D eigenvalue weighted by atomic mass is 10.2. The van der Waals surface area contributed by atoms with Crippen LogP contribution < -0.4 is 4.74 Å². The summed E-state index contributed by atoms with van der Waals surface area (Å²) in [5.74, 6) is -0.446. The molecule has 0 atom stereocenters. The van der Waals surface area contributed by atoms with E-state index in [1.54, 1.807) is 50.2 Å². The van der Waals surface area contributed by atoms with E-state index in [-0.39, 0.29) is 6.10 Å². The maximum Gasteiger partial charge on any atom is 0.344 e. The van der Waals surface area contributed by atoms with Crippen LogP contribution in [-0.4, -0.2) is 18.0 Å². The van der Waals surface area contributed by atoms with Crippen molar-refractivity contribution in [3.05, 3.63) is 63.2 Å². The number of benzene rings is 2. The monoisotopic (exact) mass is 410 g/mol. The third-order valence-corrected chi connectivity index (χ3v) is 3.68. The molecule has 0 aliphatic rings. The van der Waals surface area contributed by atoms with E-state index in [0.717, 1.165) is 3.57 Å². The van der Waals surface area contributed by atoms with E-state index >= 15 is 0 Å². The molecule has 2 aromatic carbocycles. The largest absolute Gasteiger partial charge is 0.459 e. The van der Waals surface area contributed by atoms with Crippen LogP contribution in [0.25, 0.3) is 0 Å². The zero-order valence-corrected chi connectivity index (χ0v) is 14.4. The van der Waals surface area contributed by atoms with Gasteiger partial charge in [-0.15, -0.1) is 0 Å².